The Kier molecular flexibility index (Phi) is 4.52. The van der Waals surface area contributed by atoms with Crippen molar-refractivity contribution in [2.45, 2.75) is 37.1 Å². The fourth-order valence-corrected chi connectivity index (χ4v) is 3.69. The molecule has 1 aromatic carbocycles. The number of nitrogens with one attached hydrogen (secondary N) is 1. The Bertz CT molecular complexity index is 693. The Labute approximate surface area is 135 Å². The van der Waals surface area contributed by atoms with E-state index in [1.165, 1.54) is 24.1 Å². The molecule has 116 valence electrons. The van der Waals surface area contributed by atoms with Crippen LogP contribution in [0.25, 0.3) is 0 Å². The second-order valence-electron chi connectivity index (χ2n) is 5.59. The summed E-state index contributed by atoms with van der Waals surface area (Å²) < 4.78 is 1.98. The zero-order valence-corrected chi connectivity index (χ0v) is 13.9. The molecule has 2 aromatic rings. The van der Waals surface area contributed by atoms with Gasteiger partial charge in [-0.05, 0) is 49.6 Å². The summed E-state index contributed by atoms with van der Waals surface area (Å²) in [4.78, 5) is 13.4. The largest absolute Gasteiger partial charge is 0.346 e. The molecule has 5 heteroatoms. The molecule has 0 bridgehead atoms. The zero-order chi connectivity index (χ0) is 15.5. The highest BCUT2D eigenvalue weighted by Crippen LogP contribution is 2.24. The maximum absolute atomic E-state index is 12.4. The van der Waals surface area contributed by atoms with Crippen molar-refractivity contribution in [2.24, 2.45) is 7.05 Å². The molecule has 1 aromatic heterocycles. The third-order valence-corrected chi connectivity index (χ3v) is 5.01. The van der Waals surface area contributed by atoms with Crippen LogP contribution in [0.5, 0.6) is 0 Å². The maximum atomic E-state index is 12.4. The van der Waals surface area contributed by atoms with Crippen LogP contribution < -0.4 is 5.32 Å². The normalized spacial score (nSPS) is 13.7. The highest BCUT2D eigenvalue weighted by molar-refractivity contribution is 7.98. The first-order valence-electron chi connectivity index (χ1n) is 7.65. The Hall–Kier alpha value is -1.75. The summed E-state index contributed by atoms with van der Waals surface area (Å²) in [6.45, 7) is 0.505. The lowest BCUT2D eigenvalue weighted by molar-refractivity contribution is 0.0947. The van der Waals surface area contributed by atoms with Gasteiger partial charge in [0.05, 0.1) is 17.8 Å². The Balaban J connectivity index is 1.74. The molecule has 3 rings (SSSR count). The van der Waals surface area contributed by atoms with Crippen molar-refractivity contribution in [2.75, 3.05) is 6.26 Å². The van der Waals surface area contributed by atoms with E-state index in [0.717, 1.165) is 29.0 Å². The van der Waals surface area contributed by atoms with E-state index >= 15 is 0 Å². The maximum Gasteiger partial charge on any atom is 0.252 e. The van der Waals surface area contributed by atoms with Crippen molar-refractivity contribution in [3.8, 4) is 0 Å². The lowest BCUT2D eigenvalue weighted by atomic mass is 9.95. The lowest BCUT2D eigenvalue weighted by Gasteiger charge is -2.13. The fourth-order valence-electron chi connectivity index (χ4n) is 3.09. The first-order chi connectivity index (χ1) is 10.7. The molecule has 1 N–H and O–H groups in total. The Morgan fingerprint density at radius 3 is 2.91 bits per heavy atom. The van der Waals surface area contributed by atoms with Crippen LogP contribution in [0, 0.1) is 0 Å². The lowest BCUT2D eigenvalue weighted by Crippen LogP contribution is -2.24. The molecule has 0 saturated heterocycles. The van der Waals surface area contributed by atoms with E-state index in [4.69, 9.17) is 0 Å². The monoisotopic (exact) mass is 315 g/mol. The number of aryl methyl sites for hydroxylation is 1. The summed E-state index contributed by atoms with van der Waals surface area (Å²) >= 11 is 1.59. The molecule has 0 spiro atoms. The van der Waals surface area contributed by atoms with Gasteiger partial charge in [0.2, 0.25) is 0 Å². The minimum absolute atomic E-state index is 0.0276. The number of thioether (sulfide) groups is 1. The smallest absolute Gasteiger partial charge is 0.252 e. The van der Waals surface area contributed by atoms with Crippen molar-refractivity contribution >= 4 is 17.7 Å². The minimum Gasteiger partial charge on any atom is -0.346 e. The first-order valence-corrected chi connectivity index (χ1v) is 8.88. The van der Waals surface area contributed by atoms with Gasteiger partial charge < -0.3 is 5.32 Å². The van der Waals surface area contributed by atoms with Crippen molar-refractivity contribution in [1.82, 2.24) is 15.1 Å². The number of benzene rings is 1. The fraction of sp³-hybridized carbons (Fsp3) is 0.412. The van der Waals surface area contributed by atoms with Gasteiger partial charge in [-0.1, -0.05) is 12.1 Å². The van der Waals surface area contributed by atoms with E-state index in [0.29, 0.717) is 6.54 Å². The number of aromatic nitrogens is 2. The van der Waals surface area contributed by atoms with Gasteiger partial charge >= 0.3 is 0 Å². The summed E-state index contributed by atoms with van der Waals surface area (Å²) in [5.41, 5.74) is 4.43. The zero-order valence-electron chi connectivity index (χ0n) is 13.1. The number of amides is 1. The summed E-state index contributed by atoms with van der Waals surface area (Å²) in [6, 6.07) is 7.70. The molecule has 0 atom stereocenters. The predicted molar refractivity (Wildman–Crippen MR) is 89.2 cm³/mol. The van der Waals surface area contributed by atoms with Gasteiger partial charge in [-0.25, -0.2) is 0 Å². The van der Waals surface area contributed by atoms with E-state index in [1.54, 1.807) is 11.8 Å². The SMILES string of the molecule is CSc1ccccc1C(=O)NCc1nn(C)c2c1CCCC2. The number of fused-ring (bicyclic) bond motifs is 1. The van der Waals surface area contributed by atoms with Crippen molar-refractivity contribution in [3.05, 3.63) is 46.8 Å². The van der Waals surface area contributed by atoms with Crippen LogP contribution in [0.15, 0.2) is 29.2 Å². The number of carbonyl (C=O) groups is 1. The molecule has 0 radical (unpaired) electrons. The van der Waals surface area contributed by atoms with Gasteiger partial charge in [-0.15, -0.1) is 11.8 Å². The van der Waals surface area contributed by atoms with Crippen LogP contribution in [0.1, 0.15) is 40.2 Å². The summed E-state index contributed by atoms with van der Waals surface area (Å²) in [6.07, 6.45) is 6.62. The molecule has 4 nitrogen and oxygen atoms in total. The molecule has 0 aliphatic heterocycles. The second-order valence-corrected chi connectivity index (χ2v) is 6.43. The molecule has 0 saturated carbocycles. The quantitative estimate of drug-likeness (QED) is 0.883. The first kappa shape index (κ1) is 15.2. The van der Waals surface area contributed by atoms with Crippen LogP contribution >= 0.6 is 11.8 Å². The number of hydrogen-bond donors (Lipinski definition) is 1. The van der Waals surface area contributed by atoms with Gasteiger partial charge in [0, 0.05) is 17.6 Å². The molecule has 0 unspecified atom stereocenters. The molecule has 1 heterocycles. The number of hydrogen-bond acceptors (Lipinski definition) is 3. The third kappa shape index (κ3) is 2.90. The highest BCUT2D eigenvalue weighted by atomic mass is 32.2. The molecular weight excluding hydrogens is 294 g/mol. The number of nitrogens with zero attached hydrogens (tertiary/aromatic N) is 2. The van der Waals surface area contributed by atoms with Crippen LogP contribution in [-0.2, 0) is 26.4 Å². The summed E-state index contributed by atoms with van der Waals surface area (Å²) in [5, 5.41) is 7.62. The van der Waals surface area contributed by atoms with E-state index < -0.39 is 0 Å². The van der Waals surface area contributed by atoms with Gasteiger partial charge in [0.15, 0.2) is 0 Å². The van der Waals surface area contributed by atoms with E-state index in [9.17, 15) is 4.79 Å². The van der Waals surface area contributed by atoms with Crippen LogP contribution in [0.2, 0.25) is 0 Å². The molecule has 1 aliphatic rings. The Morgan fingerprint density at radius 1 is 1.32 bits per heavy atom. The van der Waals surface area contributed by atoms with Gasteiger partial charge in [0.25, 0.3) is 5.91 Å². The minimum atomic E-state index is -0.0276. The number of rotatable bonds is 4. The van der Waals surface area contributed by atoms with Gasteiger partial charge in [-0.3, -0.25) is 9.48 Å². The van der Waals surface area contributed by atoms with Crippen LogP contribution in [-0.4, -0.2) is 21.9 Å². The Morgan fingerprint density at radius 2 is 2.09 bits per heavy atom. The molecule has 0 fully saturated rings. The standard InChI is InChI=1S/C17H21N3OS/c1-20-15-9-5-3-7-12(15)14(19-20)11-18-17(21)13-8-4-6-10-16(13)22-2/h4,6,8,10H,3,5,7,9,11H2,1-2H3,(H,18,21). The highest BCUT2D eigenvalue weighted by Gasteiger charge is 2.19. The summed E-state index contributed by atoms with van der Waals surface area (Å²) in [7, 11) is 2.00. The van der Waals surface area contributed by atoms with Crippen molar-refractivity contribution in [3.63, 3.8) is 0 Å². The van der Waals surface area contributed by atoms with E-state index in [2.05, 4.69) is 10.4 Å². The van der Waals surface area contributed by atoms with Gasteiger partial charge in [-0.2, -0.15) is 5.10 Å². The van der Waals surface area contributed by atoms with Gasteiger partial charge in [0.1, 0.15) is 0 Å². The average molecular weight is 315 g/mol. The molecular formula is C17H21N3OS. The van der Waals surface area contributed by atoms with E-state index in [1.807, 2.05) is 42.3 Å². The second kappa shape index (κ2) is 6.57. The van der Waals surface area contributed by atoms with E-state index in [-0.39, 0.29) is 5.91 Å². The predicted octanol–water partition coefficient (Wildman–Crippen LogP) is 2.95. The topological polar surface area (TPSA) is 46.9 Å². The summed E-state index contributed by atoms with van der Waals surface area (Å²) in [5.74, 6) is -0.0276. The van der Waals surface area contributed by atoms with Crippen molar-refractivity contribution < 1.29 is 4.79 Å². The van der Waals surface area contributed by atoms with Crippen LogP contribution in [0.3, 0.4) is 0 Å². The average Bonchev–Trinajstić information content (AvgIpc) is 2.89. The molecule has 1 amide bonds. The third-order valence-electron chi connectivity index (χ3n) is 4.22. The van der Waals surface area contributed by atoms with Crippen LogP contribution in [0.4, 0.5) is 0 Å². The molecule has 22 heavy (non-hydrogen) atoms. The van der Waals surface area contributed by atoms with Crippen molar-refractivity contribution in [1.29, 1.82) is 0 Å². The number of carbonyl (C=O) groups excluding carboxylic acids is 1. The molecule has 1 aliphatic carbocycles.